The SMILES string of the molecule is CC=C(C)[SiH2]CCCCCCCC[Si](C)(C)Cl. The lowest BCUT2D eigenvalue weighted by Gasteiger charge is -2.11. The lowest BCUT2D eigenvalue weighted by molar-refractivity contribution is 0.622. The van der Waals surface area contributed by atoms with Gasteiger partial charge < -0.3 is 0 Å². The van der Waals surface area contributed by atoms with Gasteiger partial charge in [-0.25, -0.2) is 0 Å². The summed E-state index contributed by atoms with van der Waals surface area (Å²) in [6, 6.07) is 2.81. The Morgan fingerprint density at radius 3 is 2.12 bits per heavy atom. The third kappa shape index (κ3) is 14.4. The molecule has 0 amide bonds. The fraction of sp³-hybridized carbons (Fsp3) is 0.857. The molecule has 0 aromatic carbocycles. The van der Waals surface area contributed by atoms with Gasteiger partial charge in [-0.3, -0.25) is 0 Å². The third-order valence-corrected chi connectivity index (χ3v) is 7.50. The summed E-state index contributed by atoms with van der Waals surface area (Å²) in [5.74, 6) is 0. The Hall–Kier alpha value is 0.464. The first-order chi connectivity index (χ1) is 7.95. The van der Waals surface area contributed by atoms with Crippen molar-refractivity contribution in [2.75, 3.05) is 0 Å². The van der Waals surface area contributed by atoms with E-state index >= 15 is 0 Å². The zero-order chi connectivity index (χ0) is 13.1. The van der Waals surface area contributed by atoms with Crippen LogP contribution in [0.25, 0.3) is 0 Å². The van der Waals surface area contributed by atoms with Crippen molar-refractivity contribution in [3.05, 3.63) is 11.3 Å². The van der Waals surface area contributed by atoms with E-state index in [2.05, 4.69) is 33.0 Å². The van der Waals surface area contributed by atoms with E-state index in [0.29, 0.717) is 0 Å². The van der Waals surface area contributed by atoms with Crippen LogP contribution in [0.4, 0.5) is 0 Å². The molecule has 0 spiro atoms. The second-order valence-corrected chi connectivity index (χ2v) is 15.2. The highest BCUT2D eigenvalue weighted by Crippen LogP contribution is 2.19. The van der Waals surface area contributed by atoms with Crippen molar-refractivity contribution in [3.63, 3.8) is 0 Å². The van der Waals surface area contributed by atoms with E-state index in [4.69, 9.17) is 11.1 Å². The lowest BCUT2D eigenvalue weighted by Crippen LogP contribution is -2.14. The molecule has 0 aliphatic carbocycles. The van der Waals surface area contributed by atoms with Gasteiger partial charge in [-0.05, 0) is 19.9 Å². The Kier molecular flexibility index (Phi) is 10.7. The van der Waals surface area contributed by atoms with Crippen molar-refractivity contribution in [2.24, 2.45) is 0 Å². The monoisotopic (exact) mass is 290 g/mol. The van der Waals surface area contributed by atoms with Crippen molar-refractivity contribution in [3.8, 4) is 0 Å². The fourth-order valence-electron chi connectivity index (χ4n) is 1.98. The van der Waals surface area contributed by atoms with Crippen LogP contribution >= 0.6 is 11.1 Å². The number of hydrogen-bond acceptors (Lipinski definition) is 0. The minimum Gasteiger partial charge on any atom is -0.168 e. The maximum Gasteiger partial charge on any atom is 0.150 e. The normalized spacial score (nSPS) is 13.8. The van der Waals surface area contributed by atoms with Crippen LogP contribution in [0.15, 0.2) is 11.3 Å². The van der Waals surface area contributed by atoms with E-state index in [0.717, 1.165) is 0 Å². The van der Waals surface area contributed by atoms with Gasteiger partial charge in [0.2, 0.25) is 0 Å². The van der Waals surface area contributed by atoms with Gasteiger partial charge in [0, 0.05) is 9.52 Å². The van der Waals surface area contributed by atoms with Crippen LogP contribution in [0.5, 0.6) is 0 Å². The van der Waals surface area contributed by atoms with Crippen LogP contribution < -0.4 is 0 Å². The molecule has 17 heavy (non-hydrogen) atoms. The molecule has 0 saturated heterocycles. The highest BCUT2D eigenvalue weighted by Gasteiger charge is 2.15. The van der Waals surface area contributed by atoms with Gasteiger partial charge in [0.25, 0.3) is 0 Å². The molecule has 0 N–H and O–H groups in total. The maximum atomic E-state index is 6.30. The first kappa shape index (κ1) is 17.5. The molecule has 0 aliphatic rings. The minimum absolute atomic E-state index is 0.122. The van der Waals surface area contributed by atoms with Gasteiger partial charge in [-0.15, -0.1) is 0 Å². The quantitative estimate of drug-likeness (QED) is 0.292. The summed E-state index contributed by atoms with van der Waals surface area (Å²) >= 11 is 6.30. The zero-order valence-electron chi connectivity index (χ0n) is 12.3. The first-order valence-electron chi connectivity index (χ1n) is 7.26. The van der Waals surface area contributed by atoms with Gasteiger partial charge >= 0.3 is 0 Å². The smallest absolute Gasteiger partial charge is 0.150 e. The van der Waals surface area contributed by atoms with E-state index < -0.39 is 7.38 Å². The fourth-order valence-corrected chi connectivity index (χ4v) is 4.92. The van der Waals surface area contributed by atoms with Crippen LogP contribution in [-0.4, -0.2) is 16.9 Å². The molecule has 102 valence electrons. The van der Waals surface area contributed by atoms with Crippen molar-refractivity contribution in [1.29, 1.82) is 0 Å². The molecule has 0 aliphatic heterocycles. The number of rotatable bonds is 10. The van der Waals surface area contributed by atoms with Crippen molar-refractivity contribution in [1.82, 2.24) is 0 Å². The number of halogens is 1. The predicted octanol–water partition coefficient (Wildman–Crippen LogP) is 5.28. The zero-order valence-corrected chi connectivity index (χ0v) is 15.5. The summed E-state index contributed by atoms with van der Waals surface area (Å²) in [7, 11) is -1.16. The molecule has 0 bridgehead atoms. The number of hydrogen-bond donors (Lipinski definition) is 0. The summed E-state index contributed by atoms with van der Waals surface area (Å²) in [4.78, 5) is 0. The van der Waals surface area contributed by atoms with Crippen molar-refractivity contribution < 1.29 is 0 Å². The first-order valence-corrected chi connectivity index (χ1v) is 13.2. The Balaban J connectivity index is 3.14. The Morgan fingerprint density at radius 1 is 1.06 bits per heavy atom. The Bertz CT molecular complexity index is 207. The third-order valence-electron chi connectivity index (χ3n) is 3.34. The summed E-state index contributed by atoms with van der Waals surface area (Å²) in [6.45, 7) is 8.97. The van der Waals surface area contributed by atoms with Crippen LogP contribution in [0, 0.1) is 0 Å². The number of allylic oxidation sites excluding steroid dienone is 2. The minimum atomic E-state index is -1.28. The van der Waals surface area contributed by atoms with E-state index in [9.17, 15) is 0 Å². The highest BCUT2D eigenvalue weighted by atomic mass is 35.6. The summed E-state index contributed by atoms with van der Waals surface area (Å²) < 4.78 is 0. The molecule has 0 heterocycles. The van der Waals surface area contributed by atoms with Gasteiger partial charge in [-0.2, -0.15) is 11.1 Å². The van der Waals surface area contributed by atoms with Gasteiger partial charge in [0.1, 0.15) is 7.38 Å². The van der Waals surface area contributed by atoms with Crippen LogP contribution in [0.2, 0.25) is 25.2 Å². The lowest BCUT2D eigenvalue weighted by atomic mass is 10.1. The van der Waals surface area contributed by atoms with Gasteiger partial charge in [-0.1, -0.05) is 68.9 Å². The number of unbranched alkanes of at least 4 members (excludes halogenated alkanes) is 5. The van der Waals surface area contributed by atoms with E-state index in [1.54, 1.807) is 5.20 Å². The topological polar surface area (TPSA) is 0 Å². The predicted molar refractivity (Wildman–Crippen MR) is 88.6 cm³/mol. The molecular weight excluding hydrogens is 260 g/mol. The summed E-state index contributed by atoms with van der Waals surface area (Å²) in [5.41, 5.74) is 0. The molecular formula is C14H31ClSi2. The largest absolute Gasteiger partial charge is 0.168 e. The molecule has 0 nitrogen and oxygen atoms in total. The second kappa shape index (κ2) is 10.4. The van der Waals surface area contributed by atoms with Crippen LogP contribution in [0.3, 0.4) is 0 Å². The molecule has 0 aromatic heterocycles. The molecule has 0 saturated carbocycles. The van der Waals surface area contributed by atoms with Crippen molar-refractivity contribution >= 4 is 28.0 Å². The van der Waals surface area contributed by atoms with Gasteiger partial charge in [0.15, 0.2) is 0 Å². The van der Waals surface area contributed by atoms with E-state index in [1.165, 1.54) is 50.6 Å². The van der Waals surface area contributed by atoms with E-state index in [-0.39, 0.29) is 9.52 Å². The average Bonchev–Trinajstić information content (AvgIpc) is 2.25. The summed E-state index contributed by atoms with van der Waals surface area (Å²) in [5, 5.41) is 1.68. The standard InChI is InChI=1S/C14H31ClSi2/c1-5-14(2)16-12-10-8-6-7-9-11-13-17(3,4)15/h5H,6-13,16H2,1-4H3. The second-order valence-electron chi connectivity index (χ2n) is 5.83. The maximum absolute atomic E-state index is 6.30. The molecule has 0 unspecified atom stereocenters. The molecule has 0 fully saturated rings. The molecule has 3 heteroatoms. The highest BCUT2D eigenvalue weighted by molar-refractivity contribution is 7.19. The molecule has 0 aromatic rings. The van der Waals surface area contributed by atoms with Gasteiger partial charge in [0.05, 0.1) is 0 Å². The summed E-state index contributed by atoms with van der Waals surface area (Å²) in [6.07, 6.45) is 10.8. The molecule has 0 rings (SSSR count). The van der Waals surface area contributed by atoms with Crippen molar-refractivity contribution in [2.45, 2.75) is 77.6 Å². The molecule has 0 atom stereocenters. The van der Waals surface area contributed by atoms with E-state index in [1.807, 2.05) is 0 Å². The van der Waals surface area contributed by atoms with Crippen LogP contribution in [-0.2, 0) is 0 Å². The van der Waals surface area contributed by atoms with Crippen LogP contribution in [0.1, 0.15) is 52.4 Å². The Morgan fingerprint density at radius 2 is 1.59 bits per heavy atom. The Labute approximate surface area is 117 Å². The average molecular weight is 291 g/mol. The molecule has 0 radical (unpaired) electrons.